The summed E-state index contributed by atoms with van der Waals surface area (Å²) in [6, 6.07) is 11.2. The smallest absolute Gasteiger partial charge is 0.411 e. The molecule has 3 aromatic rings. The maximum absolute atomic E-state index is 14.3. The van der Waals surface area contributed by atoms with Gasteiger partial charge in [-0.25, -0.2) is 4.39 Å². The molecule has 6 nitrogen and oxygen atoms in total. The second-order valence-corrected chi connectivity index (χ2v) is 8.41. The molecule has 0 bridgehead atoms. The van der Waals surface area contributed by atoms with Crippen LogP contribution >= 0.6 is 23.2 Å². The van der Waals surface area contributed by atoms with Crippen LogP contribution < -0.4 is 5.32 Å². The zero-order valence-corrected chi connectivity index (χ0v) is 19.0. The molecule has 1 unspecified atom stereocenters. The van der Waals surface area contributed by atoms with E-state index in [4.69, 9.17) is 33.2 Å². The second-order valence-electron chi connectivity index (χ2n) is 7.60. The van der Waals surface area contributed by atoms with Crippen LogP contribution in [0.5, 0.6) is 0 Å². The van der Waals surface area contributed by atoms with Crippen LogP contribution in [0.25, 0.3) is 10.8 Å². The summed E-state index contributed by atoms with van der Waals surface area (Å²) in [5.41, 5.74) is -2.89. The van der Waals surface area contributed by atoms with Crippen molar-refractivity contribution in [2.24, 2.45) is 10.3 Å². The van der Waals surface area contributed by atoms with Crippen molar-refractivity contribution in [1.82, 2.24) is 5.32 Å². The Kier molecular flexibility index (Phi) is 6.61. The third-order valence-electron chi connectivity index (χ3n) is 5.55. The highest BCUT2D eigenvalue weighted by Gasteiger charge is 2.62. The van der Waals surface area contributed by atoms with Gasteiger partial charge >= 0.3 is 6.18 Å². The molecular weight excluding hydrogens is 513 g/mol. The van der Waals surface area contributed by atoms with Crippen molar-refractivity contribution in [3.63, 3.8) is 0 Å². The summed E-state index contributed by atoms with van der Waals surface area (Å²) >= 11 is 11.5. The van der Waals surface area contributed by atoms with Crippen LogP contribution in [0.3, 0.4) is 0 Å². The number of halogens is 6. The fourth-order valence-electron chi connectivity index (χ4n) is 3.86. The molecule has 182 valence electrons. The molecule has 0 spiro atoms. The first-order chi connectivity index (χ1) is 16.6. The Morgan fingerprint density at radius 2 is 1.83 bits per heavy atom. The van der Waals surface area contributed by atoms with Crippen molar-refractivity contribution in [1.29, 1.82) is 0 Å². The van der Waals surface area contributed by atoms with E-state index in [2.05, 4.69) is 15.6 Å². The lowest BCUT2D eigenvalue weighted by Crippen LogP contribution is -2.42. The summed E-state index contributed by atoms with van der Waals surface area (Å²) in [6.07, 6.45) is -4.60. The van der Waals surface area contributed by atoms with E-state index in [1.165, 1.54) is 12.1 Å². The Bertz CT molecular complexity index is 1350. The van der Waals surface area contributed by atoms with E-state index in [9.17, 15) is 22.4 Å². The van der Waals surface area contributed by atoms with E-state index in [0.29, 0.717) is 16.3 Å². The molecular formula is C23H15Cl2F4N3O3. The van der Waals surface area contributed by atoms with E-state index < -0.39 is 45.5 Å². The van der Waals surface area contributed by atoms with Crippen molar-refractivity contribution < 1.29 is 32.4 Å². The van der Waals surface area contributed by atoms with E-state index in [-0.39, 0.29) is 17.8 Å². The lowest BCUT2D eigenvalue weighted by molar-refractivity contribution is -0.275. The molecule has 1 atom stereocenters. The number of rotatable bonds is 5. The van der Waals surface area contributed by atoms with Crippen LogP contribution in [0, 0.1) is 5.82 Å². The number of benzene rings is 3. The van der Waals surface area contributed by atoms with Crippen LogP contribution in [0.1, 0.15) is 27.9 Å². The number of carbonyl (C=O) groups is 1. The normalized spacial score (nSPS) is 18.1. The quantitative estimate of drug-likeness (QED) is 0.139. The van der Waals surface area contributed by atoms with Gasteiger partial charge in [-0.3, -0.25) is 4.79 Å². The topological polar surface area (TPSA) is 83.3 Å². The van der Waals surface area contributed by atoms with Crippen molar-refractivity contribution in [2.45, 2.75) is 18.2 Å². The summed E-state index contributed by atoms with van der Waals surface area (Å²) in [6.45, 7) is -0.0249. The van der Waals surface area contributed by atoms with Crippen LogP contribution in [0.15, 0.2) is 58.8 Å². The van der Waals surface area contributed by atoms with Gasteiger partial charge in [0.1, 0.15) is 0 Å². The van der Waals surface area contributed by atoms with Crippen molar-refractivity contribution >= 4 is 51.8 Å². The van der Waals surface area contributed by atoms with Crippen LogP contribution in [0.4, 0.5) is 17.6 Å². The van der Waals surface area contributed by atoms with Gasteiger partial charge in [-0.2, -0.15) is 13.2 Å². The molecule has 1 heterocycles. The Hall–Kier alpha value is -3.37. The molecule has 0 aromatic heterocycles. The minimum atomic E-state index is -4.95. The SMILES string of the molecule is O=C(NC/C=N/O)c1ccc(C2=NOC(c3cc(Cl)c(F)c(Cl)c3)(C(F)(F)F)C2)c2ccccc12. The highest BCUT2D eigenvalue weighted by molar-refractivity contribution is 6.35. The van der Waals surface area contributed by atoms with Gasteiger partial charge in [-0.1, -0.05) is 58.7 Å². The average Bonchev–Trinajstić information content (AvgIpc) is 3.28. The number of carbonyl (C=O) groups excluding carboxylic acids is 1. The fraction of sp³-hybridized carbons (Fsp3) is 0.174. The molecule has 0 fully saturated rings. The molecule has 35 heavy (non-hydrogen) atoms. The molecule has 2 N–H and O–H groups in total. The molecule has 1 aliphatic heterocycles. The second kappa shape index (κ2) is 9.35. The van der Waals surface area contributed by atoms with E-state index in [0.717, 1.165) is 18.3 Å². The number of nitrogens with one attached hydrogen (secondary N) is 1. The average molecular weight is 528 g/mol. The Morgan fingerprint density at radius 3 is 2.46 bits per heavy atom. The van der Waals surface area contributed by atoms with Gasteiger partial charge in [-0.05, 0) is 29.0 Å². The predicted octanol–water partition coefficient (Wildman–Crippen LogP) is 6.06. The minimum absolute atomic E-state index is 0.0249. The lowest BCUT2D eigenvalue weighted by atomic mass is 9.85. The Balaban J connectivity index is 1.77. The van der Waals surface area contributed by atoms with E-state index in [1.54, 1.807) is 24.3 Å². The molecule has 0 aliphatic carbocycles. The molecule has 3 aromatic carbocycles. The van der Waals surface area contributed by atoms with Crippen molar-refractivity contribution in [3.05, 3.63) is 81.1 Å². The van der Waals surface area contributed by atoms with Crippen molar-refractivity contribution in [2.75, 3.05) is 6.54 Å². The maximum atomic E-state index is 14.3. The fourth-order valence-corrected chi connectivity index (χ4v) is 4.35. The van der Waals surface area contributed by atoms with Crippen LogP contribution in [0.2, 0.25) is 10.0 Å². The first kappa shape index (κ1) is 24.7. The number of fused-ring (bicyclic) bond motifs is 1. The molecule has 0 saturated carbocycles. The van der Waals surface area contributed by atoms with Crippen LogP contribution in [-0.2, 0) is 10.4 Å². The summed E-state index contributed by atoms with van der Waals surface area (Å²) < 4.78 is 56.8. The Morgan fingerprint density at radius 1 is 1.17 bits per heavy atom. The number of oxime groups is 2. The monoisotopic (exact) mass is 527 g/mol. The molecule has 0 saturated heterocycles. The molecule has 0 radical (unpaired) electrons. The first-order valence-corrected chi connectivity index (χ1v) is 10.8. The highest BCUT2D eigenvalue weighted by Crippen LogP contribution is 2.50. The van der Waals surface area contributed by atoms with Gasteiger partial charge in [0, 0.05) is 23.1 Å². The standard InChI is InChI=1S/C23H15Cl2F4N3O3/c24-17-9-12(10-18(25)20(17)26)22(23(27,28)29)11-19(32-35-22)15-5-6-16(21(33)30-7-8-31-34)14-4-2-1-3-13(14)15/h1-6,8-10,34H,7,11H2,(H,30,33)/b31-8+. The van der Waals surface area contributed by atoms with Gasteiger partial charge in [0.05, 0.1) is 28.5 Å². The third-order valence-corrected chi connectivity index (χ3v) is 6.10. The first-order valence-electron chi connectivity index (χ1n) is 10.0. The molecule has 1 aliphatic rings. The zero-order valence-electron chi connectivity index (χ0n) is 17.5. The summed E-state index contributed by atoms with van der Waals surface area (Å²) in [5.74, 6) is -1.52. The van der Waals surface area contributed by atoms with E-state index >= 15 is 0 Å². The molecule has 1 amide bonds. The van der Waals surface area contributed by atoms with Gasteiger partial charge < -0.3 is 15.4 Å². The van der Waals surface area contributed by atoms with Crippen molar-refractivity contribution in [3.8, 4) is 0 Å². The van der Waals surface area contributed by atoms with Crippen LogP contribution in [-0.4, -0.2) is 35.8 Å². The summed E-state index contributed by atoms with van der Waals surface area (Å²) in [7, 11) is 0. The molecule has 12 heteroatoms. The summed E-state index contributed by atoms with van der Waals surface area (Å²) in [5, 5.41) is 17.3. The third kappa shape index (κ3) is 4.39. The number of amides is 1. The summed E-state index contributed by atoms with van der Waals surface area (Å²) in [4.78, 5) is 17.6. The number of hydrogen-bond donors (Lipinski definition) is 2. The highest BCUT2D eigenvalue weighted by atomic mass is 35.5. The Labute approximate surface area is 205 Å². The predicted molar refractivity (Wildman–Crippen MR) is 123 cm³/mol. The van der Waals surface area contributed by atoms with Gasteiger partial charge in [0.25, 0.3) is 11.5 Å². The lowest BCUT2D eigenvalue weighted by Gasteiger charge is -2.29. The largest absolute Gasteiger partial charge is 0.435 e. The van der Waals surface area contributed by atoms with Gasteiger partial charge in [0.2, 0.25) is 0 Å². The minimum Gasteiger partial charge on any atom is -0.411 e. The number of nitrogens with zero attached hydrogens (tertiary/aromatic N) is 2. The molecule has 4 rings (SSSR count). The van der Waals surface area contributed by atoms with Gasteiger partial charge in [0.15, 0.2) is 5.82 Å². The van der Waals surface area contributed by atoms with E-state index in [1.807, 2.05) is 0 Å². The maximum Gasteiger partial charge on any atom is 0.435 e. The number of hydrogen-bond acceptors (Lipinski definition) is 5. The zero-order chi connectivity index (χ0) is 25.4. The van der Waals surface area contributed by atoms with Gasteiger partial charge in [-0.15, -0.1) is 5.16 Å². The number of alkyl halides is 3.